The molecule has 0 saturated carbocycles. The van der Waals surface area contributed by atoms with Crippen LogP contribution in [0.2, 0.25) is 0 Å². The number of thioether (sulfide) groups is 1. The van der Waals surface area contributed by atoms with Crippen molar-refractivity contribution in [3.63, 3.8) is 0 Å². The lowest BCUT2D eigenvalue weighted by Crippen LogP contribution is -2.40. The quantitative estimate of drug-likeness (QED) is 0.892. The molecule has 0 spiro atoms. The van der Waals surface area contributed by atoms with Crippen LogP contribution >= 0.6 is 11.8 Å². The Morgan fingerprint density at radius 1 is 1.53 bits per heavy atom. The summed E-state index contributed by atoms with van der Waals surface area (Å²) in [5.74, 6) is 3.53. The molecule has 2 heterocycles. The van der Waals surface area contributed by atoms with E-state index in [4.69, 9.17) is 0 Å². The van der Waals surface area contributed by atoms with E-state index in [0.717, 1.165) is 12.4 Å². The van der Waals surface area contributed by atoms with E-state index < -0.39 is 0 Å². The summed E-state index contributed by atoms with van der Waals surface area (Å²) in [6, 6.07) is 5.29. The summed E-state index contributed by atoms with van der Waals surface area (Å²) in [6.45, 7) is 5.54. The second-order valence-corrected chi connectivity index (χ2v) is 5.73. The normalized spacial score (nSPS) is 22.5. The molecule has 1 aromatic heterocycles. The summed E-state index contributed by atoms with van der Waals surface area (Å²) in [5.41, 5.74) is 1.25. The number of hydrogen-bond acceptors (Lipinski definition) is 4. The van der Waals surface area contributed by atoms with Gasteiger partial charge in [0, 0.05) is 36.3 Å². The van der Waals surface area contributed by atoms with Gasteiger partial charge in [0.15, 0.2) is 0 Å². The van der Waals surface area contributed by atoms with E-state index in [0.29, 0.717) is 12.1 Å². The molecule has 0 aliphatic carbocycles. The Balaban J connectivity index is 2.11. The van der Waals surface area contributed by atoms with E-state index in [1.807, 2.05) is 25.0 Å². The van der Waals surface area contributed by atoms with Gasteiger partial charge < -0.3 is 10.2 Å². The molecule has 1 saturated heterocycles. The summed E-state index contributed by atoms with van der Waals surface area (Å²) in [7, 11) is 1.97. The molecule has 1 aliphatic heterocycles. The zero-order valence-corrected chi connectivity index (χ0v) is 11.6. The number of pyridine rings is 1. The minimum atomic E-state index is 0.367. The Morgan fingerprint density at radius 2 is 2.35 bits per heavy atom. The van der Waals surface area contributed by atoms with Crippen LogP contribution in [0.4, 0.5) is 5.82 Å². The molecule has 2 rings (SSSR count). The molecule has 2 unspecified atom stereocenters. The summed E-state index contributed by atoms with van der Waals surface area (Å²) in [6.07, 6.45) is 1.99. The van der Waals surface area contributed by atoms with Crippen LogP contribution in [-0.2, 0) is 0 Å². The third-order valence-corrected chi connectivity index (χ3v) is 4.56. The molecular formula is C13H21N3S. The van der Waals surface area contributed by atoms with Crippen molar-refractivity contribution in [2.75, 3.05) is 30.0 Å². The van der Waals surface area contributed by atoms with Crippen molar-refractivity contribution in [2.45, 2.75) is 25.9 Å². The molecule has 4 heteroatoms. The van der Waals surface area contributed by atoms with Gasteiger partial charge in [-0.2, -0.15) is 11.8 Å². The maximum atomic E-state index is 4.60. The van der Waals surface area contributed by atoms with Gasteiger partial charge in [0.05, 0.1) is 0 Å². The molecule has 94 valence electrons. The summed E-state index contributed by atoms with van der Waals surface area (Å²) >= 11 is 2.03. The summed E-state index contributed by atoms with van der Waals surface area (Å²) in [4.78, 5) is 7.01. The van der Waals surface area contributed by atoms with Gasteiger partial charge in [0.1, 0.15) is 5.82 Å². The van der Waals surface area contributed by atoms with Crippen molar-refractivity contribution in [1.29, 1.82) is 0 Å². The monoisotopic (exact) mass is 251 g/mol. The highest BCUT2D eigenvalue weighted by atomic mass is 32.2. The van der Waals surface area contributed by atoms with Crippen molar-refractivity contribution in [3.8, 4) is 0 Å². The van der Waals surface area contributed by atoms with Crippen LogP contribution in [0.5, 0.6) is 0 Å². The lowest BCUT2D eigenvalue weighted by molar-refractivity contribution is 0.646. The van der Waals surface area contributed by atoms with Crippen LogP contribution in [-0.4, -0.2) is 36.1 Å². The average Bonchev–Trinajstić information content (AvgIpc) is 2.39. The number of nitrogens with one attached hydrogen (secondary N) is 1. The molecule has 2 atom stereocenters. The molecule has 17 heavy (non-hydrogen) atoms. The average molecular weight is 251 g/mol. The predicted octanol–water partition coefficient (Wildman–Crippen LogP) is 2.30. The fourth-order valence-electron chi connectivity index (χ4n) is 2.06. The standard InChI is InChI=1S/C13H21N3S/c1-10-9-17-7-6-16(10)13-5-4-12(8-15-13)11(2)14-3/h4-5,8,10-11,14H,6-7,9H2,1-3H3. The number of rotatable bonds is 3. The highest BCUT2D eigenvalue weighted by Crippen LogP contribution is 2.23. The number of nitrogens with zero attached hydrogens (tertiary/aromatic N) is 2. The molecule has 0 bridgehead atoms. The first kappa shape index (κ1) is 12.7. The predicted molar refractivity (Wildman–Crippen MR) is 75.8 cm³/mol. The van der Waals surface area contributed by atoms with E-state index >= 15 is 0 Å². The topological polar surface area (TPSA) is 28.2 Å². The van der Waals surface area contributed by atoms with Crippen LogP contribution in [0.25, 0.3) is 0 Å². The molecule has 3 nitrogen and oxygen atoms in total. The van der Waals surface area contributed by atoms with Gasteiger partial charge in [-0.25, -0.2) is 4.98 Å². The van der Waals surface area contributed by atoms with Gasteiger partial charge in [-0.3, -0.25) is 0 Å². The lowest BCUT2D eigenvalue weighted by atomic mass is 10.1. The molecule has 1 fully saturated rings. The lowest BCUT2D eigenvalue weighted by Gasteiger charge is -2.34. The zero-order valence-electron chi connectivity index (χ0n) is 10.8. The Hall–Kier alpha value is -0.740. The molecule has 0 aromatic carbocycles. The maximum absolute atomic E-state index is 4.60. The summed E-state index contributed by atoms with van der Waals surface area (Å²) < 4.78 is 0. The Bertz CT molecular complexity index is 352. The van der Waals surface area contributed by atoms with Crippen LogP contribution in [0.1, 0.15) is 25.5 Å². The largest absolute Gasteiger partial charge is 0.352 e. The van der Waals surface area contributed by atoms with Crippen molar-refractivity contribution in [3.05, 3.63) is 23.9 Å². The van der Waals surface area contributed by atoms with E-state index in [2.05, 4.69) is 41.2 Å². The van der Waals surface area contributed by atoms with Crippen LogP contribution in [0, 0.1) is 0 Å². The smallest absolute Gasteiger partial charge is 0.128 e. The van der Waals surface area contributed by atoms with Crippen LogP contribution in [0.15, 0.2) is 18.3 Å². The molecule has 1 aromatic rings. The minimum Gasteiger partial charge on any atom is -0.352 e. The highest BCUT2D eigenvalue weighted by Gasteiger charge is 2.19. The second kappa shape index (κ2) is 5.74. The minimum absolute atomic E-state index is 0.367. The third-order valence-electron chi connectivity index (χ3n) is 3.37. The summed E-state index contributed by atoms with van der Waals surface area (Å²) in [5, 5.41) is 3.23. The van der Waals surface area contributed by atoms with E-state index in [-0.39, 0.29) is 0 Å². The van der Waals surface area contributed by atoms with Crippen molar-refractivity contribution < 1.29 is 0 Å². The molecule has 0 radical (unpaired) electrons. The van der Waals surface area contributed by atoms with Gasteiger partial charge in [0.25, 0.3) is 0 Å². The Kier molecular flexibility index (Phi) is 4.29. The first-order chi connectivity index (χ1) is 8.22. The Labute approximate surface area is 108 Å². The number of aromatic nitrogens is 1. The van der Waals surface area contributed by atoms with Crippen molar-refractivity contribution in [1.82, 2.24) is 10.3 Å². The molecule has 1 aliphatic rings. The second-order valence-electron chi connectivity index (χ2n) is 4.58. The van der Waals surface area contributed by atoms with Gasteiger partial charge in [0.2, 0.25) is 0 Å². The maximum Gasteiger partial charge on any atom is 0.128 e. The van der Waals surface area contributed by atoms with E-state index in [9.17, 15) is 0 Å². The fraction of sp³-hybridized carbons (Fsp3) is 0.615. The SMILES string of the molecule is CNC(C)c1ccc(N2CCSCC2C)nc1. The Morgan fingerprint density at radius 3 is 2.94 bits per heavy atom. The van der Waals surface area contributed by atoms with Crippen molar-refractivity contribution >= 4 is 17.6 Å². The molecular weight excluding hydrogens is 230 g/mol. The van der Waals surface area contributed by atoms with Gasteiger partial charge in [-0.15, -0.1) is 0 Å². The van der Waals surface area contributed by atoms with Crippen LogP contribution in [0.3, 0.4) is 0 Å². The van der Waals surface area contributed by atoms with Crippen molar-refractivity contribution in [2.24, 2.45) is 0 Å². The van der Waals surface area contributed by atoms with Crippen LogP contribution < -0.4 is 10.2 Å². The van der Waals surface area contributed by atoms with Gasteiger partial charge in [-0.1, -0.05) is 6.07 Å². The van der Waals surface area contributed by atoms with E-state index in [1.165, 1.54) is 17.1 Å². The molecule has 0 amide bonds. The molecule has 1 N–H and O–H groups in total. The zero-order chi connectivity index (χ0) is 12.3. The fourth-order valence-corrected chi connectivity index (χ4v) is 3.07. The first-order valence-electron chi connectivity index (χ1n) is 6.20. The third kappa shape index (κ3) is 2.93. The first-order valence-corrected chi connectivity index (χ1v) is 7.35. The van der Waals surface area contributed by atoms with Gasteiger partial charge in [-0.05, 0) is 32.5 Å². The van der Waals surface area contributed by atoms with Gasteiger partial charge >= 0.3 is 0 Å². The highest BCUT2D eigenvalue weighted by molar-refractivity contribution is 7.99. The van der Waals surface area contributed by atoms with E-state index in [1.54, 1.807) is 0 Å². The number of anilines is 1. The number of hydrogen-bond donors (Lipinski definition) is 1.